The van der Waals surface area contributed by atoms with E-state index in [1.807, 2.05) is 19.9 Å². The summed E-state index contributed by atoms with van der Waals surface area (Å²) in [5.74, 6) is -2.31. The van der Waals surface area contributed by atoms with E-state index < -0.39 is 40.2 Å². The van der Waals surface area contributed by atoms with Crippen molar-refractivity contribution in [3.63, 3.8) is 0 Å². The Morgan fingerprint density at radius 1 is 1.11 bits per heavy atom. The number of carbonyl (C=O) groups is 1. The summed E-state index contributed by atoms with van der Waals surface area (Å²) in [7, 11) is 1.15. The molecule has 0 N–H and O–H groups in total. The number of hydrogen-bond acceptors (Lipinski definition) is 7. The molecule has 2 aromatic carbocycles. The molecule has 11 heteroatoms. The van der Waals surface area contributed by atoms with Gasteiger partial charge in [-0.05, 0) is 77.1 Å². The van der Waals surface area contributed by atoms with Gasteiger partial charge in [0, 0.05) is 41.7 Å². The number of pyridine rings is 1. The van der Waals surface area contributed by atoms with Crippen molar-refractivity contribution in [2.24, 2.45) is 5.92 Å². The van der Waals surface area contributed by atoms with Crippen LogP contribution in [-0.4, -0.2) is 44.8 Å². The molecule has 2 bridgehead atoms. The van der Waals surface area contributed by atoms with Crippen molar-refractivity contribution in [2.75, 3.05) is 13.7 Å². The first kappa shape index (κ1) is 29.2. The van der Waals surface area contributed by atoms with Gasteiger partial charge >= 0.3 is 6.09 Å². The zero-order chi connectivity index (χ0) is 31.7. The first-order valence-electron chi connectivity index (χ1n) is 14.3. The predicted octanol–water partition coefficient (Wildman–Crippen LogP) is 6.08. The Morgan fingerprint density at radius 3 is 2.39 bits per heavy atom. The van der Waals surface area contributed by atoms with Crippen LogP contribution in [0.1, 0.15) is 56.3 Å². The highest BCUT2D eigenvalue weighted by molar-refractivity contribution is 5.94. The minimum Gasteiger partial charge on any atom is -0.491 e. The first-order chi connectivity index (χ1) is 20.8. The number of aryl methyl sites for hydroxylation is 2. The lowest BCUT2D eigenvalue weighted by Crippen LogP contribution is -2.50. The van der Waals surface area contributed by atoms with Crippen LogP contribution in [0.3, 0.4) is 0 Å². The lowest BCUT2D eigenvalue weighted by molar-refractivity contribution is 0.00315. The molecule has 226 valence electrons. The molecule has 0 atom stereocenters. The normalized spacial score (nSPS) is 19.1. The number of hydrogen-bond donors (Lipinski definition) is 0. The highest BCUT2D eigenvalue weighted by atomic mass is 19.1. The van der Waals surface area contributed by atoms with Crippen molar-refractivity contribution < 1.29 is 23.0 Å². The summed E-state index contributed by atoms with van der Waals surface area (Å²) in [6.07, 6.45) is 2.06. The zero-order valence-electron chi connectivity index (χ0n) is 25.3. The van der Waals surface area contributed by atoms with Crippen LogP contribution in [0.4, 0.5) is 13.6 Å². The molecule has 1 aliphatic carbocycles. The van der Waals surface area contributed by atoms with Crippen LogP contribution in [0.2, 0.25) is 0 Å². The zero-order valence-corrected chi connectivity index (χ0v) is 25.3. The molecule has 44 heavy (non-hydrogen) atoms. The maximum absolute atomic E-state index is 15.1. The molecule has 2 saturated heterocycles. The van der Waals surface area contributed by atoms with E-state index in [1.165, 1.54) is 6.07 Å². The van der Waals surface area contributed by atoms with E-state index in [0.29, 0.717) is 30.5 Å². The van der Waals surface area contributed by atoms with Gasteiger partial charge in [0.15, 0.2) is 17.4 Å². The largest absolute Gasteiger partial charge is 0.491 e. The maximum Gasteiger partial charge on any atom is 0.411 e. The molecule has 1 amide bonds. The van der Waals surface area contributed by atoms with E-state index in [-0.39, 0.29) is 33.9 Å². The molecule has 2 aliphatic heterocycles. The molecule has 2 aromatic heterocycles. The van der Waals surface area contributed by atoms with Gasteiger partial charge in [-0.3, -0.25) is 19.2 Å². The minimum atomic E-state index is -1.07. The van der Waals surface area contributed by atoms with Crippen molar-refractivity contribution >= 4 is 17.0 Å². The quantitative estimate of drug-likeness (QED) is 0.280. The molecule has 0 unspecified atom stereocenters. The van der Waals surface area contributed by atoms with Gasteiger partial charge in [0.2, 0.25) is 0 Å². The van der Waals surface area contributed by atoms with Gasteiger partial charge in [-0.25, -0.2) is 18.6 Å². The third-order valence-electron chi connectivity index (χ3n) is 8.44. The third-order valence-corrected chi connectivity index (χ3v) is 8.44. The van der Waals surface area contributed by atoms with Crippen LogP contribution in [-0.2, 0) is 10.3 Å². The molecule has 3 fully saturated rings. The molecule has 9 nitrogen and oxygen atoms in total. The molecule has 7 rings (SSSR count). The average molecular weight is 600 g/mol. The molecular weight excluding hydrogens is 568 g/mol. The number of amides is 1. The average Bonchev–Trinajstić information content (AvgIpc) is 3.51. The number of methoxy groups -OCH3 is 1. The summed E-state index contributed by atoms with van der Waals surface area (Å²) in [5.41, 5.74) is 0.756. The third kappa shape index (κ3) is 4.56. The Morgan fingerprint density at radius 2 is 1.80 bits per heavy atom. The van der Waals surface area contributed by atoms with E-state index >= 15 is 8.78 Å². The SMILES string of the molecule is COc1c(F)cc(-n2c(C34CC(CN3C(=O)OC(C)(C)C)C4)nc3c(-c4cnc(C)c(C)c4)cc(C#N)cc3c2=O)cc1F. The molecule has 4 aromatic rings. The van der Waals surface area contributed by atoms with Crippen LogP contribution in [0.5, 0.6) is 5.75 Å². The minimum absolute atomic E-state index is 0.0757. The van der Waals surface area contributed by atoms with Crippen LogP contribution >= 0.6 is 0 Å². The van der Waals surface area contributed by atoms with Gasteiger partial charge in [-0.1, -0.05) is 0 Å². The predicted molar refractivity (Wildman–Crippen MR) is 159 cm³/mol. The summed E-state index contributed by atoms with van der Waals surface area (Å²) in [4.78, 5) is 39.1. The summed E-state index contributed by atoms with van der Waals surface area (Å²) < 4.78 is 41.9. The summed E-state index contributed by atoms with van der Waals surface area (Å²) in [6.45, 7) is 9.47. The van der Waals surface area contributed by atoms with E-state index in [9.17, 15) is 14.9 Å². The Kier molecular flexibility index (Phi) is 6.72. The number of fused-ring (bicyclic) bond motifs is 2. The Bertz CT molecular complexity index is 1950. The second-order valence-electron chi connectivity index (χ2n) is 12.6. The summed E-state index contributed by atoms with van der Waals surface area (Å²) in [6, 6.07) is 9.07. The van der Waals surface area contributed by atoms with E-state index in [1.54, 1.807) is 37.9 Å². The number of rotatable bonds is 4. The molecule has 4 heterocycles. The topological polar surface area (TPSA) is 110 Å². The standard InChI is InChI=1S/C33H31F2N5O4/c1-17-7-21(15-37-18(17)2)23-8-19(14-36)9-24-27(23)38-30(33-12-20(13-33)16-39(33)31(42)44-32(3,4)5)40(29(24)41)22-10-25(34)28(43-6)26(35)11-22/h7-11,15,20H,12-13,16H2,1-6H3. The van der Waals surface area contributed by atoms with E-state index in [2.05, 4.69) is 11.1 Å². The molecular formula is C33H31F2N5O4. The second kappa shape index (κ2) is 10.1. The van der Waals surface area contributed by atoms with Crippen LogP contribution in [0, 0.1) is 42.7 Å². The highest BCUT2D eigenvalue weighted by Gasteiger charge is 2.62. The smallest absolute Gasteiger partial charge is 0.411 e. The van der Waals surface area contributed by atoms with E-state index in [0.717, 1.165) is 35.1 Å². The monoisotopic (exact) mass is 599 g/mol. The van der Waals surface area contributed by atoms with Gasteiger partial charge < -0.3 is 9.47 Å². The first-order valence-corrected chi connectivity index (χ1v) is 14.3. The maximum atomic E-state index is 15.1. The fourth-order valence-electron chi connectivity index (χ4n) is 6.34. The molecule has 1 saturated carbocycles. The van der Waals surface area contributed by atoms with Crippen molar-refractivity contribution in [1.29, 1.82) is 5.26 Å². The highest BCUT2D eigenvalue weighted by Crippen LogP contribution is 2.57. The number of benzene rings is 2. The van der Waals surface area contributed by atoms with Gasteiger partial charge in [0.25, 0.3) is 5.56 Å². The fraction of sp³-hybridized carbons (Fsp3) is 0.364. The summed E-state index contributed by atoms with van der Waals surface area (Å²) >= 11 is 0. The lowest BCUT2D eigenvalue weighted by atomic mass is 9.72. The molecule has 3 aliphatic rings. The Balaban J connectivity index is 1.70. The number of halogens is 2. The Hall–Kier alpha value is -4.85. The van der Waals surface area contributed by atoms with Crippen LogP contribution in [0.25, 0.3) is 27.7 Å². The van der Waals surface area contributed by atoms with Crippen molar-refractivity contribution in [1.82, 2.24) is 19.4 Å². The van der Waals surface area contributed by atoms with Gasteiger partial charge in [0.05, 0.1) is 35.3 Å². The van der Waals surface area contributed by atoms with Gasteiger partial charge in [-0.15, -0.1) is 0 Å². The molecule has 0 radical (unpaired) electrons. The fourth-order valence-corrected chi connectivity index (χ4v) is 6.34. The van der Waals surface area contributed by atoms with Crippen LogP contribution < -0.4 is 10.3 Å². The van der Waals surface area contributed by atoms with Gasteiger partial charge in [0.1, 0.15) is 17.0 Å². The number of aromatic nitrogens is 3. The lowest BCUT2D eigenvalue weighted by Gasteiger charge is -2.42. The van der Waals surface area contributed by atoms with Crippen molar-refractivity contribution in [3.05, 3.63) is 81.2 Å². The van der Waals surface area contributed by atoms with Crippen LogP contribution in [0.15, 0.2) is 41.3 Å². The molecule has 0 spiro atoms. The Labute approximate surface area is 252 Å². The number of nitrogens with zero attached hydrogens (tertiary/aromatic N) is 5. The number of carbonyl (C=O) groups excluding carboxylic acids is 1. The summed E-state index contributed by atoms with van der Waals surface area (Å²) in [5, 5.41) is 9.95. The second-order valence-corrected chi connectivity index (χ2v) is 12.6. The van der Waals surface area contributed by atoms with E-state index in [4.69, 9.17) is 14.5 Å². The van der Waals surface area contributed by atoms with Gasteiger partial charge in [-0.2, -0.15) is 5.26 Å². The number of nitriles is 1. The number of ether oxygens (including phenoxy) is 2. The van der Waals surface area contributed by atoms with Crippen molar-refractivity contribution in [3.8, 4) is 28.6 Å². The van der Waals surface area contributed by atoms with Crippen molar-refractivity contribution in [2.45, 2.75) is 58.6 Å².